The van der Waals surface area contributed by atoms with Gasteiger partial charge < -0.3 is 20.7 Å². The van der Waals surface area contributed by atoms with Crippen molar-refractivity contribution in [2.45, 2.75) is 50.5 Å². The summed E-state index contributed by atoms with van der Waals surface area (Å²) in [6.45, 7) is -0.527. The fourth-order valence-electron chi connectivity index (χ4n) is 6.00. The maximum atomic E-state index is 12.4. The monoisotopic (exact) mass is 478 g/mol. The number of hydrogen-bond acceptors (Lipinski definition) is 6. The predicted octanol–water partition coefficient (Wildman–Crippen LogP) is 3.39. The van der Waals surface area contributed by atoms with Crippen LogP contribution in [0.4, 0.5) is 16.2 Å². The van der Waals surface area contributed by atoms with E-state index in [1.54, 1.807) is 0 Å². The lowest BCUT2D eigenvalue weighted by atomic mass is 9.53. The van der Waals surface area contributed by atoms with Gasteiger partial charge in [0.25, 0.3) is 11.6 Å². The maximum absolute atomic E-state index is 12.4. The molecule has 1 aromatic rings. The summed E-state index contributed by atoms with van der Waals surface area (Å²) in [6, 6.07) is 3.47. The fraction of sp³-hybridized carbons (Fsp3) is 0.591. The van der Waals surface area contributed by atoms with Gasteiger partial charge in [-0.3, -0.25) is 19.7 Å². The summed E-state index contributed by atoms with van der Waals surface area (Å²) in [5, 5.41) is 19.4. The number of hydrogen-bond donors (Lipinski definition) is 3. The molecule has 0 spiro atoms. The number of nitrogens with one attached hydrogen (secondary N) is 3. The predicted molar refractivity (Wildman–Crippen MR) is 120 cm³/mol. The van der Waals surface area contributed by atoms with Gasteiger partial charge in [-0.25, -0.2) is 4.79 Å². The van der Waals surface area contributed by atoms with Gasteiger partial charge >= 0.3 is 12.0 Å². The van der Waals surface area contributed by atoms with Gasteiger partial charge in [-0.15, -0.1) is 0 Å². The van der Waals surface area contributed by atoms with Crippen LogP contribution in [0.1, 0.15) is 44.9 Å². The van der Waals surface area contributed by atoms with Gasteiger partial charge in [0.05, 0.1) is 11.3 Å². The van der Waals surface area contributed by atoms with Crippen molar-refractivity contribution >= 4 is 40.9 Å². The number of urea groups is 1. The number of anilines is 1. The zero-order valence-corrected chi connectivity index (χ0v) is 18.9. The average molecular weight is 479 g/mol. The molecule has 4 aliphatic carbocycles. The molecule has 10 nitrogen and oxygen atoms in total. The summed E-state index contributed by atoms with van der Waals surface area (Å²) in [5.41, 5.74) is -0.523. The first-order valence-electron chi connectivity index (χ1n) is 11.2. The number of amides is 3. The van der Waals surface area contributed by atoms with Crippen molar-refractivity contribution in [3.8, 4) is 0 Å². The molecule has 0 atom stereocenters. The molecule has 11 heteroatoms. The fourth-order valence-corrected chi connectivity index (χ4v) is 6.17. The van der Waals surface area contributed by atoms with E-state index in [1.165, 1.54) is 37.5 Å². The number of ether oxygens (including phenoxy) is 1. The Kier molecular flexibility index (Phi) is 6.73. The first kappa shape index (κ1) is 23.3. The Bertz CT molecular complexity index is 933. The van der Waals surface area contributed by atoms with Gasteiger partial charge in [-0.1, -0.05) is 11.6 Å². The average Bonchev–Trinajstić information content (AvgIpc) is 2.70. The van der Waals surface area contributed by atoms with Gasteiger partial charge in [0.15, 0.2) is 6.61 Å². The van der Waals surface area contributed by atoms with E-state index in [0.29, 0.717) is 17.8 Å². The van der Waals surface area contributed by atoms with Crippen LogP contribution >= 0.6 is 11.6 Å². The highest BCUT2D eigenvalue weighted by Gasteiger charge is 2.51. The van der Waals surface area contributed by atoms with Gasteiger partial charge in [0, 0.05) is 23.2 Å². The Morgan fingerprint density at radius 1 is 1.12 bits per heavy atom. The lowest BCUT2D eigenvalue weighted by Gasteiger charge is -2.56. The Morgan fingerprint density at radius 2 is 1.76 bits per heavy atom. The zero-order chi connectivity index (χ0) is 23.6. The van der Waals surface area contributed by atoms with E-state index in [-0.39, 0.29) is 40.9 Å². The normalized spacial score (nSPS) is 27.0. The molecule has 5 rings (SSSR count). The highest BCUT2D eigenvalue weighted by atomic mass is 35.5. The molecule has 0 radical (unpaired) electrons. The number of rotatable bonds is 8. The molecule has 4 saturated carbocycles. The molecular formula is C22H27ClN4O6. The molecule has 0 heterocycles. The Morgan fingerprint density at radius 3 is 2.36 bits per heavy atom. The quantitative estimate of drug-likeness (QED) is 0.297. The van der Waals surface area contributed by atoms with Crippen molar-refractivity contribution in [2.24, 2.45) is 17.8 Å². The van der Waals surface area contributed by atoms with E-state index >= 15 is 0 Å². The number of esters is 1. The van der Waals surface area contributed by atoms with Crippen LogP contribution in [0, 0.1) is 27.9 Å². The van der Waals surface area contributed by atoms with Crippen molar-refractivity contribution in [3.05, 3.63) is 33.3 Å². The third-order valence-corrected chi connectivity index (χ3v) is 7.06. The molecule has 178 valence electrons. The van der Waals surface area contributed by atoms with E-state index in [4.69, 9.17) is 16.3 Å². The van der Waals surface area contributed by atoms with Crippen LogP contribution in [0.3, 0.4) is 0 Å². The van der Waals surface area contributed by atoms with Crippen molar-refractivity contribution in [1.29, 1.82) is 0 Å². The van der Waals surface area contributed by atoms with Crippen LogP contribution in [0.5, 0.6) is 0 Å². The van der Waals surface area contributed by atoms with Crippen molar-refractivity contribution < 1.29 is 24.0 Å². The van der Waals surface area contributed by atoms with Crippen molar-refractivity contribution in [2.75, 3.05) is 18.5 Å². The molecular weight excluding hydrogens is 452 g/mol. The van der Waals surface area contributed by atoms with E-state index in [1.807, 2.05) is 0 Å². The number of nitrogens with zero attached hydrogens (tertiary/aromatic N) is 1. The van der Waals surface area contributed by atoms with Gasteiger partial charge in [-0.2, -0.15) is 0 Å². The number of nitro benzene ring substituents is 1. The third-order valence-electron chi connectivity index (χ3n) is 6.83. The van der Waals surface area contributed by atoms with E-state index < -0.39 is 23.4 Å². The number of nitro groups is 1. The summed E-state index contributed by atoms with van der Waals surface area (Å²) in [6.07, 6.45) is 6.86. The minimum atomic E-state index is -0.735. The lowest BCUT2D eigenvalue weighted by Crippen LogP contribution is -2.61. The summed E-state index contributed by atoms with van der Waals surface area (Å²) in [7, 11) is 0. The molecule has 0 aliphatic heterocycles. The minimum absolute atomic E-state index is 0.0818. The van der Waals surface area contributed by atoms with Crippen LogP contribution in [0.25, 0.3) is 0 Å². The number of halogens is 1. The number of benzene rings is 1. The highest BCUT2D eigenvalue weighted by molar-refractivity contribution is 6.31. The number of carbonyl (C=O) groups excluding carboxylic acids is 3. The van der Waals surface area contributed by atoms with E-state index in [0.717, 1.165) is 19.3 Å². The third kappa shape index (κ3) is 5.73. The van der Waals surface area contributed by atoms with E-state index in [2.05, 4.69) is 16.0 Å². The highest BCUT2D eigenvalue weighted by Crippen LogP contribution is 2.55. The Hall–Kier alpha value is -2.88. The smallest absolute Gasteiger partial charge is 0.315 e. The molecule has 0 saturated heterocycles. The summed E-state index contributed by atoms with van der Waals surface area (Å²) in [4.78, 5) is 46.7. The first-order chi connectivity index (χ1) is 15.7. The van der Waals surface area contributed by atoms with Crippen LogP contribution in [-0.4, -0.2) is 41.5 Å². The minimum Gasteiger partial charge on any atom is -0.456 e. The van der Waals surface area contributed by atoms with Crippen LogP contribution in [0.15, 0.2) is 18.2 Å². The van der Waals surface area contributed by atoms with Gasteiger partial charge in [-0.05, 0) is 68.4 Å². The van der Waals surface area contributed by atoms with Crippen LogP contribution < -0.4 is 16.0 Å². The molecule has 1 aromatic carbocycles. The molecule has 33 heavy (non-hydrogen) atoms. The first-order valence-corrected chi connectivity index (χ1v) is 11.5. The Balaban J connectivity index is 1.16. The topological polar surface area (TPSA) is 140 Å². The van der Waals surface area contributed by atoms with E-state index in [9.17, 15) is 24.5 Å². The van der Waals surface area contributed by atoms with Crippen LogP contribution in [-0.2, 0) is 14.3 Å². The SMILES string of the molecule is O=C(COC(=O)CCNC(=O)NC12CC3CC(CC(C3)C1)C2)Nc1cc(Cl)ccc1[N+](=O)[O-]. The van der Waals surface area contributed by atoms with Crippen molar-refractivity contribution in [3.63, 3.8) is 0 Å². The lowest BCUT2D eigenvalue weighted by molar-refractivity contribution is -0.383. The molecule has 3 N–H and O–H groups in total. The second-order valence-corrected chi connectivity index (χ2v) is 9.89. The summed E-state index contributed by atoms with van der Waals surface area (Å²) < 4.78 is 4.90. The maximum Gasteiger partial charge on any atom is 0.315 e. The summed E-state index contributed by atoms with van der Waals surface area (Å²) in [5.74, 6) is 0.741. The largest absolute Gasteiger partial charge is 0.456 e. The molecule has 0 unspecified atom stereocenters. The standard InChI is InChI=1S/C22H27ClN4O6/c23-16-1-2-18(27(31)32)17(8-16)25-19(28)12-33-20(29)3-4-24-21(30)26-22-9-13-5-14(10-22)7-15(6-13)11-22/h1-2,8,13-15H,3-7,9-12H2,(H,25,28)(H2,24,26,30). The van der Waals surface area contributed by atoms with Crippen molar-refractivity contribution in [1.82, 2.24) is 10.6 Å². The van der Waals surface area contributed by atoms with Crippen LogP contribution in [0.2, 0.25) is 5.02 Å². The zero-order valence-electron chi connectivity index (χ0n) is 18.1. The molecule has 4 aliphatic rings. The summed E-state index contributed by atoms with van der Waals surface area (Å²) >= 11 is 5.82. The molecule has 4 bridgehead atoms. The molecule has 0 aromatic heterocycles. The van der Waals surface area contributed by atoms with Gasteiger partial charge in [0.2, 0.25) is 0 Å². The number of carbonyl (C=O) groups is 3. The second kappa shape index (κ2) is 9.54. The second-order valence-electron chi connectivity index (χ2n) is 9.46. The molecule has 4 fully saturated rings. The Labute approximate surface area is 195 Å². The molecule has 3 amide bonds. The van der Waals surface area contributed by atoms with Gasteiger partial charge in [0.1, 0.15) is 5.69 Å².